The number of hydrogen-bond acceptors (Lipinski definition) is 2. The van der Waals surface area contributed by atoms with E-state index < -0.39 is 0 Å². The van der Waals surface area contributed by atoms with Crippen LogP contribution in [0.2, 0.25) is 0 Å². The van der Waals surface area contributed by atoms with Crippen molar-refractivity contribution >= 4 is 49.6 Å². The van der Waals surface area contributed by atoms with E-state index in [4.69, 9.17) is 0 Å². The lowest BCUT2D eigenvalue weighted by Gasteiger charge is -2.26. The van der Waals surface area contributed by atoms with Gasteiger partial charge in [0.05, 0.1) is 22.7 Å². The second-order valence-electron chi connectivity index (χ2n) is 14.1. The average Bonchev–Trinajstić information content (AvgIpc) is 3.61. The highest BCUT2D eigenvalue weighted by Crippen LogP contribution is 2.39. The lowest BCUT2D eigenvalue weighted by molar-refractivity contribution is 1.17. The molecule has 10 aromatic rings. The molecular formula is C53H35N3. The van der Waals surface area contributed by atoms with Gasteiger partial charge in [0.1, 0.15) is 0 Å². The highest BCUT2D eigenvalue weighted by molar-refractivity contribution is 6.09. The van der Waals surface area contributed by atoms with E-state index in [0.29, 0.717) is 5.56 Å². The van der Waals surface area contributed by atoms with Crippen LogP contribution >= 0.6 is 0 Å². The number of rotatable bonds is 7. The van der Waals surface area contributed by atoms with Gasteiger partial charge in [-0.1, -0.05) is 133 Å². The van der Waals surface area contributed by atoms with Gasteiger partial charge < -0.3 is 9.47 Å². The van der Waals surface area contributed by atoms with Gasteiger partial charge in [-0.05, 0) is 123 Å². The van der Waals surface area contributed by atoms with Crippen LogP contribution in [0.25, 0.3) is 71.6 Å². The quantitative estimate of drug-likeness (QED) is 0.165. The summed E-state index contributed by atoms with van der Waals surface area (Å²) in [5.41, 5.74) is 14.3. The van der Waals surface area contributed by atoms with Gasteiger partial charge in [0.25, 0.3) is 0 Å². The van der Waals surface area contributed by atoms with Crippen LogP contribution in [-0.2, 0) is 0 Å². The van der Waals surface area contributed by atoms with Gasteiger partial charge in [-0.3, -0.25) is 0 Å². The zero-order valence-corrected chi connectivity index (χ0v) is 30.5. The number of fused-ring (bicyclic) bond motifs is 4. The molecule has 10 rings (SSSR count). The predicted octanol–water partition coefficient (Wildman–Crippen LogP) is 14.3. The predicted molar refractivity (Wildman–Crippen MR) is 234 cm³/mol. The third-order valence-electron chi connectivity index (χ3n) is 10.8. The maximum Gasteiger partial charge on any atom is 0.0991 e. The molecule has 0 aliphatic heterocycles. The van der Waals surface area contributed by atoms with Gasteiger partial charge in [0.2, 0.25) is 0 Å². The first-order valence-electron chi connectivity index (χ1n) is 18.9. The van der Waals surface area contributed by atoms with Gasteiger partial charge in [0, 0.05) is 33.5 Å². The molecule has 0 atom stereocenters. The maximum absolute atomic E-state index is 9.18. The smallest absolute Gasteiger partial charge is 0.0991 e. The number of nitriles is 1. The fourth-order valence-corrected chi connectivity index (χ4v) is 7.97. The standard InChI is InChI=1S/C53H35N3/c54-36-37-13-15-39(16-14-37)40-17-19-41(20-18-40)42-23-27-46(28-24-42)55(47-29-25-43(26-30-47)45-22-21-38-7-1-2-8-44(38)35-45)48-31-33-49(34-32-48)56-52-11-5-3-9-50(52)51-10-4-6-12-53(51)56/h1-35H. The second-order valence-corrected chi connectivity index (χ2v) is 14.1. The minimum Gasteiger partial charge on any atom is -0.311 e. The van der Waals surface area contributed by atoms with Crippen LogP contribution in [-0.4, -0.2) is 4.57 Å². The van der Waals surface area contributed by atoms with E-state index in [9.17, 15) is 5.26 Å². The Labute approximate surface area is 326 Å². The molecule has 0 aliphatic carbocycles. The maximum atomic E-state index is 9.18. The Morgan fingerprint density at radius 3 is 1.27 bits per heavy atom. The van der Waals surface area contributed by atoms with Crippen molar-refractivity contribution in [2.75, 3.05) is 4.90 Å². The first-order valence-corrected chi connectivity index (χ1v) is 18.9. The molecule has 0 unspecified atom stereocenters. The van der Waals surface area contributed by atoms with E-state index in [-0.39, 0.29) is 0 Å². The average molecular weight is 714 g/mol. The number of aromatic nitrogens is 1. The van der Waals surface area contributed by atoms with E-state index >= 15 is 0 Å². The summed E-state index contributed by atoms with van der Waals surface area (Å²) in [7, 11) is 0. The number of benzene rings is 9. The molecule has 0 spiro atoms. The first kappa shape index (κ1) is 32.9. The van der Waals surface area contributed by atoms with Crippen molar-refractivity contribution in [1.29, 1.82) is 5.26 Å². The van der Waals surface area contributed by atoms with Crippen LogP contribution in [0.1, 0.15) is 5.56 Å². The van der Waals surface area contributed by atoms with Crippen LogP contribution in [0.3, 0.4) is 0 Å². The molecular weight excluding hydrogens is 679 g/mol. The minimum atomic E-state index is 0.666. The Bertz CT molecular complexity index is 2990. The fourth-order valence-electron chi connectivity index (χ4n) is 7.97. The van der Waals surface area contributed by atoms with Crippen LogP contribution < -0.4 is 4.90 Å². The molecule has 0 bridgehead atoms. The third kappa shape index (κ3) is 5.97. The molecule has 0 amide bonds. The van der Waals surface area contributed by atoms with Crippen molar-refractivity contribution < 1.29 is 0 Å². The zero-order chi connectivity index (χ0) is 37.4. The molecule has 1 heterocycles. The van der Waals surface area contributed by atoms with E-state index in [1.807, 2.05) is 24.3 Å². The zero-order valence-electron chi connectivity index (χ0n) is 30.5. The van der Waals surface area contributed by atoms with Gasteiger partial charge in [-0.2, -0.15) is 5.26 Å². The van der Waals surface area contributed by atoms with Gasteiger partial charge >= 0.3 is 0 Å². The van der Waals surface area contributed by atoms with E-state index in [2.05, 4.69) is 204 Å². The molecule has 0 saturated heterocycles. The summed E-state index contributed by atoms with van der Waals surface area (Å²) >= 11 is 0. The van der Waals surface area contributed by atoms with Crippen LogP contribution in [0.5, 0.6) is 0 Å². The summed E-state index contributed by atoms with van der Waals surface area (Å²) in [6, 6.07) is 77.7. The highest BCUT2D eigenvalue weighted by atomic mass is 15.1. The first-order chi connectivity index (χ1) is 27.7. The Balaban J connectivity index is 1.01. The monoisotopic (exact) mass is 713 g/mol. The Morgan fingerprint density at radius 1 is 0.357 bits per heavy atom. The largest absolute Gasteiger partial charge is 0.311 e. The topological polar surface area (TPSA) is 32.0 Å². The second kappa shape index (κ2) is 14.0. The molecule has 1 aromatic heterocycles. The highest BCUT2D eigenvalue weighted by Gasteiger charge is 2.16. The van der Waals surface area contributed by atoms with Crippen molar-refractivity contribution in [3.05, 3.63) is 218 Å². The number of anilines is 3. The number of hydrogen-bond donors (Lipinski definition) is 0. The lowest BCUT2D eigenvalue weighted by Crippen LogP contribution is -2.10. The minimum absolute atomic E-state index is 0.666. The Hall–Kier alpha value is -7.67. The van der Waals surface area contributed by atoms with Gasteiger partial charge in [-0.25, -0.2) is 0 Å². The third-order valence-corrected chi connectivity index (χ3v) is 10.8. The van der Waals surface area contributed by atoms with Crippen molar-refractivity contribution in [2.45, 2.75) is 0 Å². The molecule has 0 fully saturated rings. The fraction of sp³-hybridized carbons (Fsp3) is 0. The molecule has 3 heteroatoms. The van der Waals surface area contributed by atoms with Gasteiger partial charge in [-0.15, -0.1) is 0 Å². The van der Waals surface area contributed by atoms with Crippen molar-refractivity contribution in [3.8, 4) is 45.1 Å². The lowest BCUT2D eigenvalue weighted by atomic mass is 9.99. The molecule has 3 nitrogen and oxygen atoms in total. The Morgan fingerprint density at radius 2 is 0.750 bits per heavy atom. The summed E-state index contributed by atoms with van der Waals surface area (Å²) in [5, 5.41) is 14.2. The number of para-hydroxylation sites is 2. The van der Waals surface area contributed by atoms with Crippen LogP contribution in [0, 0.1) is 11.3 Å². The molecule has 262 valence electrons. The molecule has 0 radical (unpaired) electrons. The summed E-state index contributed by atoms with van der Waals surface area (Å²) in [4.78, 5) is 2.33. The summed E-state index contributed by atoms with van der Waals surface area (Å²) < 4.78 is 2.36. The van der Waals surface area contributed by atoms with Gasteiger partial charge in [0.15, 0.2) is 0 Å². The number of nitrogens with zero attached hydrogens (tertiary/aromatic N) is 3. The van der Waals surface area contributed by atoms with Crippen molar-refractivity contribution in [2.24, 2.45) is 0 Å². The van der Waals surface area contributed by atoms with Crippen molar-refractivity contribution in [1.82, 2.24) is 4.57 Å². The van der Waals surface area contributed by atoms with E-state index in [1.165, 1.54) is 43.7 Å². The van der Waals surface area contributed by atoms with E-state index in [0.717, 1.165) is 45.0 Å². The molecule has 0 saturated carbocycles. The van der Waals surface area contributed by atoms with Crippen LogP contribution in [0.4, 0.5) is 17.1 Å². The van der Waals surface area contributed by atoms with E-state index in [1.54, 1.807) is 0 Å². The SMILES string of the molecule is N#Cc1ccc(-c2ccc(-c3ccc(N(c4ccc(-c5ccc6ccccc6c5)cc4)c4ccc(-n5c6ccccc6c6ccccc65)cc4)cc3)cc2)cc1. The summed E-state index contributed by atoms with van der Waals surface area (Å²) in [6.45, 7) is 0. The normalized spacial score (nSPS) is 11.2. The Kier molecular flexibility index (Phi) is 8.21. The molecule has 56 heavy (non-hydrogen) atoms. The van der Waals surface area contributed by atoms with Crippen molar-refractivity contribution in [3.63, 3.8) is 0 Å². The molecule has 0 N–H and O–H groups in total. The van der Waals surface area contributed by atoms with Crippen LogP contribution in [0.15, 0.2) is 212 Å². The summed E-state index contributed by atoms with van der Waals surface area (Å²) in [5.74, 6) is 0. The molecule has 9 aromatic carbocycles. The molecule has 0 aliphatic rings. The summed E-state index contributed by atoms with van der Waals surface area (Å²) in [6.07, 6.45) is 0.